The first kappa shape index (κ1) is 12.0. The fourth-order valence-electron chi connectivity index (χ4n) is 2.75. The second-order valence-electron chi connectivity index (χ2n) is 4.73. The lowest BCUT2D eigenvalue weighted by molar-refractivity contribution is -0.172. The van der Waals surface area contributed by atoms with Gasteiger partial charge in [-0.25, -0.2) is 0 Å². The summed E-state index contributed by atoms with van der Waals surface area (Å²) in [6.45, 7) is 3.96. The number of aliphatic carboxylic acids is 1. The van der Waals surface area contributed by atoms with E-state index in [4.69, 9.17) is 0 Å². The molecule has 1 saturated carbocycles. The zero-order chi connectivity index (χ0) is 11.6. The summed E-state index contributed by atoms with van der Waals surface area (Å²) in [6.07, 6.45) is 1.75. The Labute approximate surface area is 89.6 Å². The largest absolute Gasteiger partial charge is 0.480 e. The molecule has 0 radical (unpaired) electrons. The Morgan fingerprint density at radius 2 is 1.73 bits per heavy atom. The maximum absolute atomic E-state index is 11.6. The molecule has 0 bridgehead atoms. The third-order valence-electron chi connectivity index (χ3n) is 3.18. The molecule has 1 aliphatic carbocycles. The van der Waals surface area contributed by atoms with Crippen molar-refractivity contribution in [1.29, 1.82) is 0 Å². The van der Waals surface area contributed by atoms with Crippen LogP contribution in [0.3, 0.4) is 0 Å². The Kier molecular flexibility index (Phi) is 3.37. The van der Waals surface area contributed by atoms with Crippen LogP contribution in [0.2, 0.25) is 0 Å². The number of rotatable bonds is 2. The summed E-state index contributed by atoms with van der Waals surface area (Å²) in [5.74, 6) is -1.14. The van der Waals surface area contributed by atoms with Crippen LogP contribution in [0.5, 0.6) is 0 Å². The first-order chi connectivity index (χ1) is 6.92. The van der Waals surface area contributed by atoms with Gasteiger partial charge in [0.1, 0.15) is 0 Å². The number of methoxy groups -OCH3 is 1. The second-order valence-corrected chi connectivity index (χ2v) is 4.73. The van der Waals surface area contributed by atoms with Crippen LogP contribution >= 0.6 is 0 Å². The van der Waals surface area contributed by atoms with E-state index in [0.29, 0.717) is 12.8 Å². The van der Waals surface area contributed by atoms with Gasteiger partial charge in [-0.1, -0.05) is 13.8 Å². The Balaban J connectivity index is 2.99. The van der Waals surface area contributed by atoms with Gasteiger partial charge >= 0.3 is 11.9 Å². The van der Waals surface area contributed by atoms with E-state index < -0.39 is 17.4 Å². The van der Waals surface area contributed by atoms with E-state index in [1.165, 1.54) is 7.11 Å². The van der Waals surface area contributed by atoms with E-state index in [2.05, 4.69) is 4.74 Å². The number of hydrogen-bond acceptors (Lipinski definition) is 3. The van der Waals surface area contributed by atoms with Gasteiger partial charge in [0.15, 0.2) is 5.41 Å². The molecule has 1 rings (SSSR count). The summed E-state index contributed by atoms with van der Waals surface area (Å²) < 4.78 is 4.63. The van der Waals surface area contributed by atoms with Crippen LogP contribution in [0.4, 0.5) is 0 Å². The standard InChI is InChI=1S/C11H18O4/c1-7-4-8(2)6-11(5-7,9(12)13)10(14)15-3/h7-8H,4-6H2,1-3H3,(H,12,13). The summed E-state index contributed by atoms with van der Waals surface area (Å²) in [4.78, 5) is 22.9. The number of ether oxygens (including phenoxy) is 1. The molecule has 0 aromatic carbocycles. The SMILES string of the molecule is COC(=O)C1(C(=O)O)CC(C)CC(C)C1. The van der Waals surface area contributed by atoms with Gasteiger partial charge in [0.25, 0.3) is 0 Å². The van der Waals surface area contributed by atoms with Crippen LogP contribution < -0.4 is 0 Å². The van der Waals surface area contributed by atoms with Crippen molar-refractivity contribution in [1.82, 2.24) is 0 Å². The molecule has 0 heterocycles. The predicted octanol–water partition coefficient (Wildman–Crippen LogP) is 1.69. The third kappa shape index (κ3) is 2.13. The first-order valence-corrected chi connectivity index (χ1v) is 5.24. The highest BCUT2D eigenvalue weighted by Gasteiger charge is 2.51. The number of carboxylic acids is 1. The molecule has 1 N–H and O–H groups in total. The summed E-state index contributed by atoms with van der Waals surface area (Å²) >= 11 is 0. The fraction of sp³-hybridized carbons (Fsp3) is 0.818. The molecule has 2 atom stereocenters. The number of carbonyl (C=O) groups is 2. The lowest BCUT2D eigenvalue weighted by Gasteiger charge is -2.37. The molecule has 0 aromatic rings. The zero-order valence-electron chi connectivity index (χ0n) is 9.45. The molecule has 15 heavy (non-hydrogen) atoms. The van der Waals surface area contributed by atoms with E-state index >= 15 is 0 Å². The van der Waals surface area contributed by atoms with Gasteiger partial charge in [0.2, 0.25) is 0 Å². The van der Waals surface area contributed by atoms with Gasteiger partial charge in [0, 0.05) is 0 Å². The van der Waals surface area contributed by atoms with Crippen molar-refractivity contribution >= 4 is 11.9 Å². The molecule has 4 nitrogen and oxygen atoms in total. The van der Waals surface area contributed by atoms with E-state index in [1.807, 2.05) is 13.8 Å². The van der Waals surface area contributed by atoms with Crippen LogP contribution in [0, 0.1) is 17.3 Å². The first-order valence-electron chi connectivity index (χ1n) is 5.24. The Bertz CT molecular complexity index is 262. The number of esters is 1. The molecule has 0 amide bonds. The minimum atomic E-state index is -1.31. The number of carbonyl (C=O) groups excluding carboxylic acids is 1. The minimum absolute atomic E-state index is 0.254. The van der Waals surface area contributed by atoms with Gasteiger partial charge in [-0.05, 0) is 31.1 Å². The fourth-order valence-corrected chi connectivity index (χ4v) is 2.75. The molecule has 0 aromatic heterocycles. The molecule has 1 aliphatic rings. The molecule has 0 saturated heterocycles. The van der Waals surface area contributed by atoms with Gasteiger partial charge in [-0.15, -0.1) is 0 Å². The number of hydrogen-bond donors (Lipinski definition) is 1. The van der Waals surface area contributed by atoms with Crippen molar-refractivity contribution in [2.75, 3.05) is 7.11 Å². The van der Waals surface area contributed by atoms with E-state index in [0.717, 1.165) is 6.42 Å². The Morgan fingerprint density at radius 1 is 1.27 bits per heavy atom. The molecular weight excluding hydrogens is 196 g/mol. The average Bonchev–Trinajstić information content (AvgIpc) is 2.14. The topological polar surface area (TPSA) is 63.6 Å². The molecule has 4 heteroatoms. The predicted molar refractivity (Wildman–Crippen MR) is 54.3 cm³/mol. The molecule has 0 aliphatic heterocycles. The molecule has 86 valence electrons. The lowest BCUT2D eigenvalue weighted by Crippen LogP contribution is -2.45. The van der Waals surface area contributed by atoms with Crippen molar-refractivity contribution in [3.63, 3.8) is 0 Å². The van der Waals surface area contributed by atoms with E-state index in [1.54, 1.807) is 0 Å². The molecular formula is C11H18O4. The van der Waals surface area contributed by atoms with Crippen molar-refractivity contribution in [2.24, 2.45) is 17.3 Å². The lowest BCUT2D eigenvalue weighted by atomic mass is 9.66. The van der Waals surface area contributed by atoms with Crippen LogP contribution in [0.15, 0.2) is 0 Å². The summed E-state index contributed by atoms with van der Waals surface area (Å²) in [7, 11) is 1.25. The van der Waals surface area contributed by atoms with Crippen LogP contribution in [-0.4, -0.2) is 24.2 Å². The van der Waals surface area contributed by atoms with Gasteiger partial charge in [0.05, 0.1) is 7.11 Å². The van der Waals surface area contributed by atoms with Gasteiger partial charge in [-0.2, -0.15) is 0 Å². The summed E-state index contributed by atoms with van der Waals surface area (Å²) in [6, 6.07) is 0. The highest BCUT2D eigenvalue weighted by atomic mass is 16.5. The average molecular weight is 214 g/mol. The third-order valence-corrected chi connectivity index (χ3v) is 3.18. The molecule has 1 fully saturated rings. The van der Waals surface area contributed by atoms with Crippen LogP contribution in [0.1, 0.15) is 33.1 Å². The molecule has 2 unspecified atom stereocenters. The van der Waals surface area contributed by atoms with Crippen molar-refractivity contribution in [3.8, 4) is 0 Å². The van der Waals surface area contributed by atoms with Crippen molar-refractivity contribution in [3.05, 3.63) is 0 Å². The highest BCUT2D eigenvalue weighted by Crippen LogP contribution is 2.43. The quantitative estimate of drug-likeness (QED) is 0.561. The maximum Gasteiger partial charge on any atom is 0.323 e. The summed E-state index contributed by atoms with van der Waals surface area (Å²) in [5.41, 5.74) is -1.31. The smallest absolute Gasteiger partial charge is 0.323 e. The van der Waals surface area contributed by atoms with Gasteiger partial charge < -0.3 is 9.84 Å². The van der Waals surface area contributed by atoms with Crippen molar-refractivity contribution in [2.45, 2.75) is 33.1 Å². The number of carboxylic acid groups (broad SMARTS) is 1. The van der Waals surface area contributed by atoms with E-state index in [9.17, 15) is 14.7 Å². The second kappa shape index (κ2) is 4.21. The monoisotopic (exact) mass is 214 g/mol. The van der Waals surface area contributed by atoms with Gasteiger partial charge in [-0.3, -0.25) is 9.59 Å². The molecule has 0 spiro atoms. The van der Waals surface area contributed by atoms with Crippen LogP contribution in [0.25, 0.3) is 0 Å². The summed E-state index contributed by atoms with van der Waals surface area (Å²) in [5, 5.41) is 9.22. The van der Waals surface area contributed by atoms with Crippen LogP contribution in [-0.2, 0) is 14.3 Å². The maximum atomic E-state index is 11.6. The van der Waals surface area contributed by atoms with Crippen molar-refractivity contribution < 1.29 is 19.4 Å². The highest BCUT2D eigenvalue weighted by molar-refractivity contribution is 5.99. The van der Waals surface area contributed by atoms with E-state index in [-0.39, 0.29) is 11.8 Å². The Hall–Kier alpha value is -1.06. The Morgan fingerprint density at radius 3 is 2.07 bits per heavy atom. The normalized spacial score (nSPS) is 35.9. The zero-order valence-corrected chi connectivity index (χ0v) is 9.45. The minimum Gasteiger partial charge on any atom is -0.480 e.